The van der Waals surface area contributed by atoms with Crippen molar-refractivity contribution in [2.75, 3.05) is 9.80 Å². The maximum Gasteiger partial charge on any atom is 0.0468 e. The first kappa shape index (κ1) is 37.3. The minimum absolute atomic E-state index is 0.989. The number of aryl methyl sites for hydroxylation is 1. The van der Waals surface area contributed by atoms with Gasteiger partial charge in [0.25, 0.3) is 0 Å². The van der Waals surface area contributed by atoms with E-state index in [4.69, 9.17) is 0 Å². The molecular weight excluding hydrogens is 749 g/mol. The lowest BCUT2D eigenvalue weighted by molar-refractivity contribution is 0.979. The molecule has 0 saturated heterocycles. The molecule has 1 aliphatic rings. The number of benzene rings is 10. The molecule has 0 fully saturated rings. The van der Waals surface area contributed by atoms with Crippen molar-refractivity contribution in [3.05, 3.63) is 235 Å². The van der Waals surface area contributed by atoms with E-state index in [2.05, 4.69) is 242 Å². The Kier molecular flexibility index (Phi) is 9.47. The van der Waals surface area contributed by atoms with Gasteiger partial charge in [0.05, 0.1) is 0 Å². The second-order valence-corrected chi connectivity index (χ2v) is 16.7. The van der Waals surface area contributed by atoms with Crippen molar-refractivity contribution < 1.29 is 0 Å². The van der Waals surface area contributed by atoms with Crippen LogP contribution in [-0.2, 0) is 0 Å². The Hall–Kier alpha value is -7.68. The molecule has 10 aromatic rings. The Morgan fingerprint density at radius 2 is 0.774 bits per heavy atom. The van der Waals surface area contributed by atoms with Gasteiger partial charge in [-0.3, -0.25) is 0 Å². The second kappa shape index (κ2) is 15.7. The molecule has 0 unspecified atom stereocenters. The highest BCUT2D eigenvalue weighted by Crippen LogP contribution is 2.48. The van der Waals surface area contributed by atoms with Crippen LogP contribution in [0.1, 0.15) is 30.9 Å². The number of hydrogen-bond acceptors (Lipinski definition) is 2. The summed E-state index contributed by atoms with van der Waals surface area (Å²) in [6.45, 7) is 4.42. The van der Waals surface area contributed by atoms with Crippen molar-refractivity contribution in [2.24, 2.45) is 0 Å². The molecule has 0 aromatic heterocycles. The van der Waals surface area contributed by atoms with Crippen LogP contribution in [-0.4, -0.2) is 0 Å². The average Bonchev–Trinajstić information content (AvgIpc) is 3.32. The zero-order valence-electron chi connectivity index (χ0n) is 35.1. The average molecular weight is 795 g/mol. The lowest BCUT2D eigenvalue weighted by Crippen LogP contribution is -2.10. The maximum absolute atomic E-state index is 2.45. The molecule has 0 radical (unpaired) electrons. The van der Waals surface area contributed by atoms with Gasteiger partial charge in [-0.15, -0.1) is 0 Å². The third-order valence-electron chi connectivity index (χ3n) is 12.6. The number of anilines is 6. The molecule has 10 aromatic carbocycles. The van der Waals surface area contributed by atoms with E-state index >= 15 is 0 Å². The third-order valence-corrected chi connectivity index (χ3v) is 12.6. The minimum Gasteiger partial charge on any atom is -0.310 e. The van der Waals surface area contributed by atoms with Crippen molar-refractivity contribution in [1.29, 1.82) is 0 Å². The summed E-state index contributed by atoms with van der Waals surface area (Å²) in [4.78, 5) is 4.82. The Morgan fingerprint density at radius 1 is 0.323 bits per heavy atom. The highest BCUT2D eigenvalue weighted by molar-refractivity contribution is 6.20. The first-order valence-corrected chi connectivity index (χ1v) is 21.7. The summed E-state index contributed by atoms with van der Waals surface area (Å²) in [5.74, 6) is 0. The molecule has 296 valence electrons. The summed E-state index contributed by atoms with van der Waals surface area (Å²) in [7, 11) is 0. The number of allylic oxidation sites excluding steroid dienone is 4. The number of nitrogens with zero attached hydrogens (tertiary/aromatic N) is 2. The molecule has 2 heteroatoms. The number of hydrogen-bond donors (Lipinski definition) is 0. The minimum atomic E-state index is 0.989. The van der Waals surface area contributed by atoms with Gasteiger partial charge in [-0.25, -0.2) is 0 Å². The summed E-state index contributed by atoms with van der Waals surface area (Å²) in [6, 6.07) is 75.9. The SMILES string of the molecule is CC1=CC=C(c2c3cc(N(c4ccccc4)c4ccc5ccccc5c4)ccc3c(-c3ccc(C)cc3)c3cc(N(c4ccccc4)c4ccc5ccccc5c4)ccc23)CC1. The number of para-hydroxylation sites is 2. The van der Waals surface area contributed by atoms with E-state index in [1.165, 1.54) is 76.5 Å². The summed E-state index contributed by atoms with van der Waals surface area (Å²) < 4.78 is 0. The molecule has 0 amide bonds. The fourth-order valence-corrected chi connectivity index (χ4v) is 9.49. The van der Waals surface area contributed by atoms with Crippen LogP contribution in [0.25, 0.3) is 59.8 Å². The van der Waals surface area contributed by atoms with E-state index in [9.17, 15) is 0 Å². The smallest absolute Gasteiger partial charge is 0.0468 e. The van der Waals surface area contributed by atoms with E-state index in [0.717, 1.165) is 47.0 Å². The zero-order chi connectivity index (χ0) is 41.6. The third kappa shape index (κ3) is 6.80. The fraction of sp³-hybridized carbons (Fsp3) is 0.0667. The molecule has 62 heavy (non-hydrogen) atoms. The van der Waals surface area contributed by atoms with Crippen LogP contribution in [0.5, 0.6) is 0 Å². The van der Waals surface area contributed by atoms with Crippen LogP contribution >= 0.6 is 0 Å². The van der Waals surface area contributed by atoms with Crippen molar-refractivity contribution in [1.82, 2.24) is 0 Å². The van der Waals surface area contributed by atoms with Crippen molar-refractivity contribution in [3.63, 3.8) is 0 Å². The highest BCUT2D eigenvalue weighted by atomic mass is 15.1. The molecule has 0 atom stereocenters. The molecule has 0 aliphatic heterocycles. The summed E-state index contributed by atoms with van der Waals surface area (Å²) in [5, 5.41) is 9.91. The molecule has 0 bridgehead atoms. The quantitative estimate of drug-likeness (QED) is 0.141. The van der Waals surface area contributed by atoms with Gasteiger partial charge in [0, 0.05) is 34.1 Å². The standard InChI is InChI=1S/C60H46N2/c1-41-21-25-45(26-22-41)59-55-35-33-54(62(50-19-7-4-8-20-50)52-32-30-44-14-10-12-16-48(44)38-52)40-58(55)60(46-27-23-42(2)24-28-46)56-36-34-53(39-57(56)59)61(49-17-5-3-6-18-49)51-31-29-43-13-9-11-15-47(43)37-51/h3-23,25-27,29-40H,24,28H2,1-2H3. The Balaban J connectivity index is 1.21. The number of rotatable bonds is 8. The van der Waals surface area contributed by atoms with Crippen molar-refractivity contribution in [3.8, 4) is 11.1 Å². The largest absolute Gasteiger partial charge is 0.310 e. The lowest BCUT2D eigenvalue weighted by Gasteiger charge is -2.29. The molecule has 0 heterocycles. The first-order valence-electron chi connectivity index (χ1n) is 21.7. The summed E-state index contributed by atoms with van der Waals surface area (Å²) in [6.07, 6.45) is 6.74. The molecule has 0 saturated carbocycles. The van der Waals surface area contributed by atoms with E-state index in [1.807, 2.05) is 0 Å². The van der Waals surface area contributed by atoms with Gasteiger partial charge in [-0.1, -0.05) is 157 Å². The fourth-order valence-electron chi connectivity index (χ4n) is 9.49. The van der Waals surface area contributed by atoms with E-state index in [1.54, 1.807) is 0 Å². The highest BCUT2D eigenvalue weighted by Gasteiger charge is 2.23. The van der Waals surface area contributed by atoms with Gasteiger partial charge in [0.2, 0.25) is 0 Å². The van der Waals surface area contributed by atoms with Gasteiger partial charge in [-0.2, -0.15) is 0 Å². The number of fused-ring (bicyclic) bond motifs is 4. The lowest BCUT2D eigenvalue weighted by atomic mass is 9.82. The van der Waals surface area contributed by atoms with Crippen molar-refractivity contribution >= 4 is 82.8 Å². The second-order valence-electron chi connectivity index (χ2n) is 16.7. The Morgan fingerprint density at radius 3 is 1.29 bits per heavy atom. The monoisotopic (exact) mass is 794 g/mol. The summed E-state index contributed by atoms with van der Waals surface area (Å²) in [5.41, 5.74) is 14.6. The Bertz CT molecular complexity index is 3360. The topological polar surface area (TPSA) is 6.48 Å². The van der Waals surface area contributed by atoms with Crippen LogP contribution in [0.3, 0.4) is 0 Å². The van der Waals surface area contributed by atoms with Crippen LogP contribution in [0.2, 0.25) is 0 Å². The maximum atomic E-state index is 2.45. The predicted molar refractivity (Wildman–Crippen MR) is 267 cm³/mol. The van der Waals surface area contributed by atoms with Gasteiger partial charge in [-0.05, 0) is 165 Å². The Labute approximate surface area is 363 Å². The van der Waals surface area contributed by atoms with E-state index in [0.29, 0.717) is 0 Å². The van der Waals surface area contributed by atoms with Gasteiger partial charge in [0.1, 0.15) is 0 Å². The van der Waals surface area contributed by atoms with Crippen LogP contribution in [0.15, 0.2) is 224 Å². The van der Waals surface area contributed by atoms with Crippen LogP contribution in [0, 0.1) is 6.92 Å². The van der Waals surface area contributed by atoms with Gasteiger partial charge < -0.3 is 9.80 Å². The normalized spacial score (nSPS) is 12.7. The zero-order valence-corrected chi connectivity index (χ0v) is 35.1. The molecule has 0 spiro atoms. The van der Waals surface area contributed by atoms with E-state index < -0.39 is 0 Å². The molecule has 2 nitrogen and oxygen atoms in total. The summed E-state index contributed by atoms with van der Waals surface area (Å²) >= 11 is 0. The van der Waals surface area contributed by atoms with Crippen molar-refractivity contribution in [2.45, 2.75) is 26.7 Å². The first-order chi connectivity index (χ1) is 30.6. The van der Waals surface area contributed by atoms with Gasteiger partial charge in [0.15, 0.2) is 0 Å². The molecule has 1 aliphatic carbocycles. The predicted octanol–water partition coefficient (Wildman–Crippen LogP) is 17.3. The molecule has 0 N–H and O–H groups in total. The molecular formula is C60H46N2. The van der Waals surface area contributed by atoms with Crippen LogP contribution in [0.4, 0.5) is 34.1 Å². The van der Waals surface area contributed by atoms with Crippen LogP contribution < -0.4 is 9.80 Å². The van der Waals surface area contributed by atoms with Gasteiger partial charge >= 0.3 is 0 Å². The van der Waals surface area contributed by atoms with E-state index in [-0.39, 0.29) is 0 Å². The molecule has 11 rings (SSSR count).